The van der Waals surface area contributed by atoms with Crippen LogP contribution in [0.5, 0.6) is 0 Å². The van der Waals surface area contributed by atoms with Gasteiger partial charge in [0.25, 0.3) is 0 Å². The molecule has 1 aromatic carbocycles. The van der Waals surface area contributed by atoms with Crippen LogP contribution in [0.2, 0.25) is 0 Å². The van der Waals surface area contributed by atoms with Crippen molar-refractivity contribution in [1.82, 2.24) is 10.2 Å². The van der Waals surface area contributed by atoms with Crippen molar-refractivity contribution in [1.29, 1.82) is 0 Å². The van der Waals surface area contributed by atoms with Crippen LogP contribution in [0.4, 0.5) is 14.5 Å². The Bertz CT molecular complexity index is 645. The molecular formula is C17H21F2N3O2. The Kier molecular flexibility index (Phi) is 4.80. The number of nitrogens with zero attached hydrogens (tertiary/aromatic N) is 2. The number of piperidine rings is 1. The van der Waals surface area contributed by atoms with Gasteiger partial charge in [-0.1, -0.05) is 0 Å². The molecule has 1 aromatic rings. The van der Waals surface area contributed by atoms with Crippen LogP contribution in [0.1, 0.15) is 19.3 Å². The van der Waals surface area contributed by atoms with E-state index in [9.17, 15) is 18.4 Å². The normalized spacial score (nSPS) is 22.3. The molecule has 2 aliphatic heterocycles. The number of amides is 2. The number of carbonyl (C=O) groups excluding carboxylic acids is 2. The van der Waals surface area contributed by atoms with E-state index in [1.807, 2.05) is 7.05 Å². The van der Waals surface area contributed by atoms with Gasteiger partial charge in [0.05, 0.1) is 11.6 Å². The fourth-order valence-corrected chi connectivity index (χ4v) is 3.45. The largest absolute Gasteiger partial charge is 0.342 e. The van der Waals surface area contributed by atoms with E-state index in [1.165, 1.54) is 11.0 Å². The molecule has 1 atom stereocenters. The van der Waals surface area contributed by atoms with Crippen molar-refractivity contribution in [3.05, 3.63) is 29.8 Å². The maximum atomic E-state index is 13.9. The SMILES string of the molecule is CNC1CCN(C(=O)C2CC(=O)N(c3ccc(F)cc3F)C2)CC1. The van der Waals surface area contributed by atoms with Gasteiger partial charge in [0.15, 0.2) is 0 Å². The molecule has 0 aromatic heterocycles. The predicted molar refractivity (Wildman–Crippen MR) is 85.5 cm³/mol. The zero-order chi connectivity index (χ0) is 17.3. The first-order valence-corrected chi connectivity index (χ1v) is 8.21. The lowest BCUT2D eigenvalue weighted by molar-refractivity contribution is -0.136. The van der Waals surface area contributed by atoms with Crippen LogP contribution >= 0.6 is 0 Å². The minimum atomic E-state index is -0.786. The first-order chi connectivity index (χ1) is 11.5. The van der Waals surface area contributed by atoms with Gasteiger partial charge in [-0.2, -0.15) is 0 Å². The van der Waals surface area contributed by atoms with E-state index >= 15 is 0 Å². The summed E-state index contributed by atoms with van der Waals surface area (Å²) in [5.74, 6) is -2.30. The van der Waals surface area contributed by atoms with E-state index in [-0.39, 0.29) is 30.5 Å². The first kappa shape index (κ1) is 16.8. The quantitative estimate of drug-likeness (QED) is 0.910. The molecule has 0 aliphatic carbocycles. The summed E-state index contributed by atoms with van der Waals surface area (Å²) < 4.78 is 26.9. The predicted octanol–water partition coefficient (Wildman–Crippen LogP) is 1.53. The van der Waals surface area contributed by atoms with Crippen LogP contribution < -0.4 is 10.2 Å². The molecule has 2 saturated heterocycles. The van der Waals surface area contributed by atoms with Crippen LogP contribution in [0, 0.1) is 17.6 Å². The lowest BCUT2D eigenvalue weighted by Gasteiger charge is -2.33. The van der Waals surface area contributed by atoms with E-state index in [4.69, 9.17) is 0 Å². The minimum Gasteiger partial charge on any atom is -0.342 e. The van der Waals surface area contributed by atoms with Gasteiger partial charge in [-0.25, -0.2) is 8.78 Å². The zero-order valence-corrected chi connectivity index (χ0v) is 13.6. The van der Waals surface area contributed by atoms with Gasteiger partial charge in [0, 0.05) is 38.2 Å². The number of hydrogen-bond donors (Lipinski definition) is 1. The van der Waals surface area contributed by atoms with Crippen LogP contribution in [0.25, 0.3) is 0 Å². The molecule has 2 heterocycles. The molecular weight excluding hydrogens is 316 g/mol. The molecule has 7 heteroatoms. The Morgan fingerprint density at radius 1 is 1.25 bits per heavy atom. The second-order valence-corrected chi connectivity index (χ2v) is 6.39. The number of hydrogen-bond acceptors (Lipinski definition) is 3. The first-order valence-electron chi connectivity index (χ1n) is 8.21. The van der Waals surface area contributed by atoms with Gasteiger partial charge in [-0.3, -0.25) is 9.59 Å². The highest BCUT2D eigenvalue weighted by molar-refractivity contribution is 6.00. The Morgan fingerprint density at radius 2 is 1.96 bits per heavy atom. The third-order valence-corrected chi connectivity index (χ3v) is 4.89. The summed E-state index contributed by atoms with van der Waals surface area (Å²) in [6, 6.07) is 3.53. The standard InChI is InChI=1S/C17H21F2N3O2/c1-20-13-4-6-21(7-5-13)17(24)11-8-16(23)22(10-11)15-3-2-12(18)9-14(15)19/h2-3,9,11,13,20H,4-8,10H2,1H3. The van der Waals surface area contributed by atoms with Crippen LogP contribution in [-0.2, 0) is 9.59 Å². The maximum Gasteiger partial charge on any atom is 0.228 e. The minimum absolute atomic E-state index is 0.0330. The average Bonchev–Trinajstić information content (AvgIpc) is 2.96. The van der Waals surface area contributed by atoms with Crippen molar-refractivity contribution in [3.8, 4) is 0 Å². The summed E-state index contributed by atoms with van der Waals surface area (Å²) in [7, 11) is 1.91. The van der Waals surface area contributed by atoms with Crippen LogP contribution in [-0.4, -0.2) is 49.4 Å². The fraction of sp³-hybridized carbons (Fsp3) is 0.529. The number of likely N-dealkylation sites (tertiary alicyclic amines) is 1. The Hall–Kier alpha value is -2.02. The summed E-state index contributed by atoms with van der Waals surface area (Å²) >= 11 is 0. The number of anilines is 1. The molecule has 1 unspecified atom stereocenters. The van der Waals surface area contributed by atoms with Crippen molar-refractivity contribution in [3.63, 3.8) is 0 Å². The highest BCUT2D eigenvalue weighted by atomic mass is 19.1. The van der Waals surface area contributed by atoms with Gasteiger partial charge in [0.2, 0.25) is 11.8 Å². The number of carbonyl (C=O) groups is 2. The van der Waals surface area contributed by atoms with Gasteiger partial charge in [0.1, 0.15) is 11.6 Å². The summed E-state index contributed by atoms with van der Waals surface area (Å²) in [6.07, 6.45) is 1.85. The molecule has 2 fully saturated rings. The Morgan fingerprint density at radius 3 is 2.58 bits per heavy atom. The van der Waals surface area contributed by atoms with Crippen molar-refractivity contribution in [2.24, 2.45) is 5.92 Å². The summed E-state index contributed by atoms with van der Waals surface area (Å²) in [4.78, 5) is 27.9. The molecule has 5 nitrogen and oxygen atoms in total. The number of nitrogens with one attached hydrogen (secondary N) is 1. The smallest absolute Gasteiger partial charge is 0.228 e. The molecule has 0 radical (unpaired) electrons. The van der Waals surface area contributed by atoms with E-state index in [0.29, 0.717) is 19.1 Å². The van der Waals surface area contributed by atoms with E-state index in [1.54, 1.807) is 4.90 Å². The molecule has 0 bridgehead atoms. The summed E-state index contributed by atoms with van der Waals surface area (Å²) in [6.45, 7) is 1.48. The topological polar surface area (TPSA) is 52.7 Å². The van der Waals surface area contributed by atoms with Crippen LogP contribution in [0.3, 0.4) is 0 Å². The second kappa shape index (κ2) is 6.84. The Balaban J connectivity index is 1.67. The van der Waals surface area contributed by atoms with E-state index < -0.39 is 17.6 Å². The Labute approximate surface area is 139 Å². The van der Waals surface area contributed by atoms with Crippen LogP contribution in [0.15, 0.2) is 18.2 Å². The number of rotatable bonds is 3. The third-order valence-electron chi connectivity index (χ3n) is 4.89. The molecule has 0 spiro atoms. The van der Waals surface area contributed by atoms with Crippen molar-refractivity contribution in [2.75, 3.05) is 31.6 Å². The molecule has 1 N–H and O–H groups in total. The van der Waals surface area contributed by atoms with E-state index in [0.717, 1.165) is 25.0 Å². The molecule has 24 heavy (non-hydrogen) atoms. The monoisotopic (exact) mass is 337 g/mol. The highest BCUT2D eigenvalue weighted by Gasteiger charge is 2.38. The second-order valence-electron chi connectivity index (χ2n) is 6.39. The zero-order valence-electron chi connectivity index (χ0n) is 13.6. The molecule has 3 rings (SSSR count). The third kappa shape index (κ3) is 3.26. The van der Waals surface area contributed by atoms with E-state index in [2.05, 4.69) is 5.32 Å². The molecule has 130 valence electrons. The molecule has 2 aliphatic rings. The number of benzene rings is 1. The molecule has 0 saturated carbocycles. The lowest BCUT2D eigenvalue weighted by atomic mass is 10.0. The maximum absolute atomic E-state index is 13.9. The van der Waals surface area contributed by atoms with Gasteiger partial charge < -0.3 is 15.1 Å². The van der Waals surface area contributed by atoms with Crippen molar-refractivity contribution < 1.29 is 18.4 Å². The van der Waals surface area contributed by atoms with Gasteiger partial charge >= 0.3 is 0 Å². The fourth-order valence-electron chi connectivity index (χ4n) is 3.45. The van der Waals surface area contributed by atoms with Gasteiger partial charge in [-0.15, -0.1) is 0 Å². The lowest BCUT2D eigenvalue weighted by Crippen LogP contribution is -2.46. The van der Waals surface area contributed by atoms with Gasteiger partial charge in [-0.05, 0) is 32.0 Å². The van der Waals surface area contributed by atoms with Crippen molar-refractivity contribution in [2.45, 2.75) is 25.3 Å². The highest BCUT2D eigenvalue weighted by Crippen LogP contribution is 2.29. The average molecular weight is 337 g/mol. The molecule has 2 amide bonds. The summed E-state index contributed by atoms with van der Waals surface area (Å²) in [5.41, 5.74) is 0.0330. The summed E-state index contributed by atoms with van der Waals surface area (Å²) in [5, 5.41) is 3.21. The number of halogens is 2. The van der Waals surface area contributed by atoms with Crippen molar-refractivity contribution >= 4 is 17.5 Å².